The normalized spacial score (nSPS) is 10.5. The van der Waals surface area contributed by atoms with Crippen molar-refractivity contribution in [2.24, 2.45) is 0 Å². The van der Waals surface area contributed by atoms with Crippen molar-refractivity contribution in [1.82, 2.24) is 5.32 Å². The Kier molecular flexibility index (Phi) is 5.63. The molecule has 0 bridgehead atoms. The number of hydrogen-bond acceptors (Lipinski definition) is 2. The van der Waals surface area contributed by atoms with Gasteiger partial charge in [-0.1, -0.05) is 49.4 Å². The Morgan fingerprint density at radius 3 is 2.10 bits per heavy atom. The molecule has 2 heteroatoms. The van der Waals surface area contributed by atoms with Gasteiger partial charge in [0.2, 0.25) is 0 Å². The van der Waals surface area contributed by atoms with Crippen molar-refractivity contribution >= 4 is 5.69 Å². The van der Waals surface area contributed by atoms with Gasteiger partial charge in [-0.3, -0.25) is 0 Å². The molecule has 0 aliphatic carbocycles. The van der Waals surface area contributed by atoms with E-state index in [0.29, 0.717) is 0 Å². The number of anilines is 1. The number of nitrogens with zero attached hydrogens (tertiary/aromatic N) is 1. The Labute approximate surface area is 122 Å². The molecule has 2 nitrogen and oxygen atoms in total. The fraction of sp³-hybridized carbons (Fsp3) is 0.333. The maximum absolute atomic E-state index is 3.35. The van der Waals surface area contributed by atoms with E-state index in [1.165, 1.54) is 16.8 Å². The van der Waals surface area contributed by atoms with E-state index in [1.54, 1.807) is 0 Å². The van der Waals surface area contributed by atoms with Crippen LogP contribution in [0.5, 0.6) is 0 Å². The first-order valence-electron chi connectivity index (χ1n) is 7.42. The van der Waals surface area contributed by atoms with Gasteiger partial charge in [-0.05, 0) is 36.7 Å². The summed E-state index contributed by atoms with van der Waals surface area (Å²) < 4.78 is 0. The van der Waals surface area contributed by atoms with Crippen molar-refractivity contribution in [2.45, 2.75) is 26.9 Å². The highest BCUT2D eigenvalue weighted by atomic mass is 15.1. The molecule has 0 aliphatic heterocycles. The van der Waals surface area contributed by atoms with Crippen molar-refractivity contribution < 1.29 is 0 Å². The molecule has 2 aromatic rings. The molecule has 2 aromatic carbocycles. The number of benzene rings is 2. The van der Waals surface area contributed by atoms with Crippen LogP contribution in [0.3, 0.4) is 0 Å². The van der Waals surface area contributed by atoms with E-state index in [9.17, 15) is 0 Å². The third-order valence-corrected chi connectivity index (χ3v) is 3.48. The minimum Gasteiger partial charge on any atom is -0.367 e. The monoisotopic (exact) mass is 268 g/mol. The molecule has 1 N–H and O–H groups in total. The van der Waals surface area contributed by atoms with Crippen LogP contribution in [0.25, 0.3) is 0 Å². The predicted molar refractivity (Wildman–Crippen MR) is 87.0 cm³/mol. The average Bonchev–Trinajstić information content (AvgIpc) is 2.52. The van der Waals surface area contributed by atoms with Crippen LogP contribution in [0.1, 0.15) is 25.0 Å². The molecule has 0 aromatic heterocycles. The minimum absolute atomic E-state index is 0.951. The summed E-state index contributed by atoms with van der Waals surface area (Å²) in [6, 6.07) is 19.5. The smallest absolute Gasteiger partial charge is 0.0429 e. The van der Waals surface area contributed by atoms with Crippen molar-refractivity contribution in [3.8, 4) is 0 Å². The minimum atomic E-state index is 0.951. The highest BCUT2D eigenvalue weighted by Crippen LogP contribution is 2.16. The van der Waals surface area contributed by atoms with Crippen LogP contribution in [-0.2, 0) is 13.1 Å². The largest absolute Gasteiger partial charge is 0.367 e. The van der Waals surface area contributed by atoms with E-state index in [-0.39, 0.29) is 0 Å². The number of nitrogens with one attached hydrogen (secondary N) is 1. The lowest BCUT2D eigenvalue weighted by Gasteiger charge is -2.23. The van der Waals surface area contributed by atoms with Crippen LogP contribution < -0.4 is 10.2 Å². The standard InChI is InChI=1S/C18H24N2/c1-3-19-14-16-10-12-17(13-11-16)15-20(4-2)18-8-6-5-7-9-18/h5-13,19H,3-4,14-15H2,1-2H3. The zero-order valence-electron chi connectivity index (χ0n) is 12.5. The average molecular weight is 268 g/mol. The molecule has 0 radical (unpaired) electrons. The van der Waals surface area contributed by atoms with Gasteiger partial charge < -0.3 is 10.2 Å². The Balaban J connectivity index is 2.01. The molecule has 0 heterocycles. The third-order valence-electron chi connectivity index (χ3n) is 3.48. The molecule has 0 spiro atoms. The van der Waals surface area contributed by atoms with Gasteiger partial charge in [0.1, 0.15) is 0 Å². The zero-order valence-corrected chi connectivity index (χ0v) is 12.5. The van der Waals surface area contributed by atoms with E-state index in [0.717, 1.165) is 26.2 Å². The van der Waals surface area contributed by atoms with E-state index in [4.69, 9.17) is 0 Å². The topological polar surface area (TPSA) is 15.3 Å². The number of hydrogen-bond donors (Lipinski definition) is 1. The van der Waals surface area contributed by atoms with Gasteiger partial charge in [0.25, 0.3) is 0 Å². The zero-order chi connectivity index (χ0) is 14.2. The van der Waals surface area contributed by atoms with Gasteiger partial charge in [-0.15, -0.1) is 0 Å². The van der Waals surface area contributed by atoms with Crippen molar-refractivity contribution in [2.75, 3.05) is 18.0 Å². The fourth-order valence-electron chi connectivity index (χ4n) is 2.28. The lowest BCUT2D eigenvalue weighted by Crippen LogP contribution is -2.21. The Hall–Kier alpha value is -1.80. The third kappa shape index (κ3) is 4.10. The van der Waals surface area contributed by atoms with Crippen LogP contribution in [0.4, 0.5) is 5.69 Å². The van der Waals surface area contributed by atoms with E-state index in [2.05, 4.69) is 78.7 Å². The molecule has 2 rings (SSSR count). The van der Waals surface area contributed by atoms with Crippen molar-refractivity contribution in [3.05, 3.63) is 65.7 Å². The summed E-state index contributed by atoms with van der Waals surface area (Å²) in [5, 5.41) is 3.35. The summed E-state index contributed by atoms with van der Waals surface area (Å²) in [4.78, 5) is 2.39. The predicted octanol–water partition coefficient (Wildman–Crippen LogP) is 3.82. The molecule has 0 amide bonds. The Morgan fingerprint density at radius 2 is 1.50 bits per heavy atom. The van der Waals surface area contributed by atoms with Gasteiger partial charge >= 0.3 is 0 Å². The Morgan fingerprint density at radius 1 is 0.850 bits per heavy atom. The summed E-state index contributed by atoms with van der Waals surface area (Å²) in [7, 11) is 0. The van der Waals surface area contributed by atoms with Gasteiger partial charge in [0, 0.05) is 25.3 Å². The highest BCUT2D eigenvalue weighted by Gasteiger charge is 2.04. The second-order valence-corrected chi connectivity index (χ2v) is 4.95. The molecule has 106 valence electrons. The summed E-state index contributed by atoms with van der Waals surface area (Å²) >= 11 is 0. The van der Waals surface area contributed by atoms with Gasteiger partial charge in [0.15, 0.2) is 0 Å². The second-order valence-electron chi connectivity index (χ2n) is 4.95. The van der Waals surface area contributed by atoms with Gasteiger partial charge in [0.05, 0.1) is 0 Å². The summed E-state index contributed by atoms with van der Waals surface area (Å²) in [6.07, 6.45) is 0. The Bertz CT molecular complexity index is 491. The van der Waals surface area contributed by atoms with Crippen LogP contribution in [0.15, 0.2) is 54.6 Å². The maximum Gasteiger partial charge on any atom is 0.0429 e. The molecular weight excluding hydrogens is 244 g/mol. The lowest BCUT2D eigenvalue weighted by atomic mass is 10.1. The van der Waals surface area contributed by atoms with E-state index >= 15 is 0 Å². The molecule has 0 saturated heterocycles. The van der Waals surface area contributed by atoms with E-state index in [1.807, 2.05) is 0 Å². The summed E-state index contributed by atoms with van der Waals surface area (Å²) in [6.45, 7) is 8.28. The van der Waals surface area contributed by atoms with Crippen LogP contribution in [0.2, 0.25) is 0 Å². The molecule has 0 unspecified atom stereocenters. The van der Waals surface area contributed by atoms with Crippen molar-refractivity contribution in [3.63, 3.8) is 0 Å². The second kappa shape index (κ2) is 7.71. The van der Waals surface area contributed by atoms with Crippen molar-refractivity contribution in [1.29, 1.82) is 0 Å². The van der Waals surface area contributed by atoms with Gasteiger partial charge in [-0.25, -0.2) is 0 Å². The summed E-state index contributed by atoms with van der Waals surface area (Å²) in [5.41, 5.74) is 3.99. The van der Waals surface area contributed by atoms with Crippen LogP contribution in [-0.4, -0.2) is 13.1 Å². The number of rotatable bonds is 7. The quantitative estimate of drug-likeness (QED) is 0.821. The molecule has 0 aliphatic rings. The molecule has 0 atom stereocenters. The first-order valence-corrected chi connectivity index (χ1v) is 7.42. The van der Waals surface area contributed by atoms with E-state index < -0.39 is 0 Å². The van der Waals surface area contributed by atoms with Crippen LogP contribution >= 0.6 is 0 Å². The maximum atomic E-state index is 3.35. The SMILES string of the molecule is CCNCc1ccc(CN(CC)c2ccccc2)cc1. The van der Waals surface area contributed by atoms with Crippen LogP contribution in [0, 0.1) is 0 Å². The van der Waals surface area contributed by atoms with Gasteiger partial charge in [-0.2, -0.15) is 0 Å². The first-order chi connectivity index (χ1) is 9.83. The summed E-state index contributed by atoms with van der Waals surface area (Å²) in [5.74, 6) is 0. The molecule has 20 heavy (non-hydrogen) atoms. The fourth-order valence-corrected chi connectivity index (χ4v) is 2.28. The molecular formula is C18H24N2. The highest BCUT2D eigenvalue weighted by molar-refractivity contribution is 5.46. The number of para-hydroxylation sites is 1. The first kappa shape index (κ1) is 14.6. The molecule has 0 fully saturated rings. The molecule has 0 saturated carbocycles. The lowest BCUT2D eigenvalue weighted by molar-refractivity contribution is 0.726.